The van der Waals surface area contributed by atoms with Crippen LogP contribution in [0.4, 0.5) is 5.69 Å². The third kappa shape index (κ3) is 5.75. The number of benzene rings is 1. The number of carbonyl (C=O) groups excluding carboxylic acids is 1. The summed E-state index contributed by atoms with van der Waals surface area (Å²) in [5, 5.41) is 26.1. The van der Waals surface area contributed by atoms with E-state index in [1.165, 1.54) is 5.57 Å². The van der Waals surface area contributed by atoms with Crippen LogP contribution in [0.1, 0.15) is 69.9 Å². The number of carbonyl (C=O) groups is 1. The Kier molecular flexibility index (Phi) is 7.52. The second kappa shape index (κ2) is 10.3. The lowest BCUT2D eigenvalue weighted by Gasteiger charge is -2.43. The highest BCUT2D eigenvalue weighted by molar-refractivity contribution is 6.04. The Balaban J connectivity index is 1.65. The molecule has 2 bridgehead atoms. The molecule has 1 amide bonds. The van der Waals surface area contributed by atoms with E-state index in [1.54, 1.807) is 13.1 Å². The van der Waals surface area contributed by atoms with Crippen LogP contribution in [0.15, 0.2) is 60.5 Å². The normalized spacial score (nSPS) is 28.3. The van der Waals surface area contributed by atoms with Gasteiger partial charge in [-0.05, 0) is 73.6 Å². The Morgan fingerprint density at radius 1 is 1.24 bits per heavy atom. The Morgan fingerprint density at radius 3 is 2.49 bits per heavy atom. The topological polar surface area (TPSA) is 90.8 Å². The monoisotopic (exact) mass is 502 g/mol. The summed E-state index contributed by atoms with van der Waals surface area (Å²) in [6.45, 7) is 9.90. The summed E-state index contributed by atoms with van der Waals surface area (Å²) in [6.07, 6.45) is 17.2. The number of rotatable bonds is 8. The molecule has 1 unspecified atom stereocenters. The van der Waals surface area contributed by atoms with Crippen LogP contribution in [0, 0.1) is 17.8 Å². The molecule has 37 heavy (non-hydrogen) atoms. The van der Waals surface area contributed by atoms with Gasteiger partial charge in [-0.3, -0.25) is 4.79 Å². The summed E-state index contributed by atoms with van der Waals surface area (Å²) in [6, 6.07) is 6.13. The molecular formula is C31H38N2O4. The second-order valence-electron chi connectivity index (χ2n) is 11.4. The van der Waals surface area contributed by atoms with Crippen LogP contribution in [0.5, 0.6) is 0 Å². The number of terminal acetylenes is 1. The number of allylic oxidation sites excluding steroid dienone is 3. The van der Waals surface area contributed by atoms with Crippen LogP contribution in [-0.2, 0) is 9.53 Å². The highest BCUT2D eigenvalue weighted by atomic mass is 16.5. The fourth-order valence-electron chi connectivity index (χ4n) is 5.45. The standard InChI is InChI=1S/C31H38N2O4/c1-6-21(2)18-32-22(3)28(36)33-27-8-7-24(15-26(27)23-9-11-29(4,5)12-10-23)25-16-30(19-34)13-14-31(17-25,20-35)37-30/h1,7-9,13-15,18,25,32,34-35H,3,10-12,16-17,19-20H2,2,4-5H3,(H,33,36)/b21-18+/t25?,30-,31+. The van der Waals surface area contributed by atoms with Crippen molar-refractivity contribution in [3.8, 4) is 12.3 Å². The summed E-state index contributed by atoms with van der Waals surface area (Å²) >= 11 is 0. The van der Waals surface area contributed by atoms with Crippen molar-refractivity contribution in [2.75, 3.05) is 18.5 Å². The van der Waals surface area contributed by atoms with E-state index in [2.05, 4.69) is 49.1 Å². The SMILES string of the molecule is C#C/C(C)=C/NC(=C)C(=O)Nc1ccc(C2C[C@@]3(CO)C=C[C@@](CO)(C2)O3)cc1C1=CCC(C)(C)CC1. The molecule has 2 aliphatic heterocycles. The molecule has 1 fully saturated rings. The van der Waals surface area contributed by atoms with E-state index in [0.29, 0.717) is 18.4 Å². The first-order valence-electron chi connectivity index (χ1n) is 12.9. The lowest BCUT2D eigenvalue weighted by atomic mass is 9.75. The Hall–Kier alpha value is -3.11. The molecule has 2 heterocycles. The van der Waals surface area contributed by atoms with Crippen molar-refractivity contribution < 1.29 is 19.7 Å². The number of anilines is 1. The zero-order valence-corrected chi connectivity index (χ0v) is 22.1. The summed E-state index contributed by atoms with van der Waals surface area (Å²) in [5.41, 5.74) is 3.58. The molecule has 6 nitrogen and oxygen atoms in total. The van der Waals surface area contributed by atoms with Gasteiger partial charge in [-0.2, -0.15) is 0 Å². The lowest BCUT2D eigenvalue weighted by molar-refractivity contribution is -0.163. The van der Waals surface area contributed by atoms with Crippen molar-refractivity contribution >= 4 is 17.2 Å². The first-order chi connectivity index (χ1) is 17.5. The van der Waals surface area contributed by atoms with Gasteiger partial charge in [0.1, 0.15) is 11.2 Å². The van der Waals surface area contributed by atoms with Gasteiger partial charge in [0.25, 0.3) is 5.91 Å². The van der Waals surface area contributed by atoms with Gasteiger partial charge >= 0.3 is 0 Å². The number of fused-ring (bicyclic) bond motifs is 2. The van der Waals surface area contributed by atoms with Gasteiger partial charge < -0.3 is 25.6 Å². The van der Waals surface area contributed by atoms with E-state index in [-0.39, 0.29) is 36.2 Å². The first kappa shape index (κ1) is 26.9. The highest BCUT2D eigenvalue weighted by Crippen LogP contribution is 2.50. The van der Waals surface area contributed by atoms with Crippen LogP contribution in [-0.4, -0.2) is 40.5 Å². The molecule has 1 aliphatic carbocycles. The van der Waals surface area contributed by atoms with Gasteiger partial charge in [0.05, 0.1) is 18.9 Å². The van der Waals surface area contributed by atoms with Crippen molar-refractivity contribution in [3.63, 3.8) is 0 Å². The van der Waals surface area contributed by atoms with Gasteiger partial charge in [-0.1, -0.05) is 50.6 Å². The number of nitrogens with one attached hydrogen (secondary N) is 2. The number of hydrogen-bond acceptors (Lipinski definition) is 5. The van der Waals surface area contributed by atoms with Gasteiger partial charge in [-0.15, -0.1) is 6.42 Å². The van der Waals surface area contributed by atoms with Gasteiger partial charge in [0.15, 0.2) is 0 Å². The van der Waals surface area contributed by atoms with Crippen molar-refractivity contribution in [2.24, 2.45) is 5.41 Å². The minimum absolute atomic E-state index is 0.0840. The molecule has 1 aromatic rings. The van der Waals surface area contributed by atoms with Crippen LogP contribution in [0.25, 0.3) is 5.57 Å². The minimum Gasteiger partial charge on any atom is -0.393 e. The molecule has 3 aliphatic rings. The van der Waals surface area contributed by atoms with Crippen molar-refractivity contribution in [3.05, 3.63) is 71.6 Å². The zero-order valence-electron chi connectivity index (χ0n) is 22.1. The number of aliphatic hydroxyl groups is 2. The Bertz CT molecular complexity index is 1200. The van der Waals surface area contributed by atoms with Crippen LogP contribution < -0.4 is 10.6 Å². The van der Waals surface area contributed by atoms with Crippen LogP contribution in [0.2, 0.25) is 0 Å². The average molecular weight is 503 g/mol. The molecule has 1 aromatic carbocycles. The van der Waals surface area contributed by atoms with E-state index in [1.807, 2.05) is 24.3 Å². The molecule has 0 spiro atoms. The third-order valence-corrected chi connectivity index (χ3v) is 7.86. The Labute approximate surface area is 220 Å². The predicted octanol–water partition coefficient (Wildman–Crippen LogP) is 4.78. The summed E-state index contributed by atoms with van der Waals surface area (Å²) < 4.78 is 6.13. The van der Waals surface area contributed by atoms with Gasteiger partial charge in [0, 0.05) is 23.0 Å². The van der Waals surface area contributed by atoms with Crippen molar-refractivity contribution in [1.82, 2.24) is 5.32 Å². The summed E-state index contributed by atoms with van der Waals surface area (Å²) in [5.74, 6) is 2.25. The fraction of sp³-hybridized carbons (Fsp3) is 0.452. The van der Waals surface area contributed by atoms with Gasteiger partial charge in [0.2, 0.25) is 0 Å². The quantitative estimate of drug-likeness (QED) is 0.233. The maximum absolute atomic E-state index is 12.9. The first-order valence-corrected chi connectivity index (χ1v) is 12.9. The van der Waals surface area contributed by atoms with E-state index in [9.17, 15) is 15.0 Å². The number of aliphatic hydroxyl groups excluding tert-OH is 2. The molecule has 3 atom stereocenters. The van der Waals surface area contributed by atoms with Crippen molar-refractivity contribution in [2.45, 2.75) is 70.0 Å². The molecule has 196 valence electrons. The molecule has 4 rings (SSSR count). The molecule has 0 radical (unpaired) electrons. The zero-order chi connectivity index (χ0) is 26.8. The average Bonchev–Trinajstić information content (AvgIpc) is 3.18. The van der Waals surface area contributed by atoms with Gasteiger partial charge in [-0.25, -0.2) is 0 Å². The molecular weight excluding hydrogens is 464 g/mol. The molecule has 4 N–H and O–H groups in total. The molecule has 0 aromatic heterocycles. The van der Waals surface area contributed by atoms with E-state index in [0.717, 1.165) is 36.1 Å². The fourth-order valence-corrected chi connectivity index (χ4v) is 5.45. The largest absolute Gasteiger partial charge is 0.393 e. The number of ether oxygens (including phenoxy) is 1. The smallest absolute Gasteiger partial charge is 0.271 e. The summed E-state index contributed by atoms with van der Waals surface area (Å²) in [7, 11) is 0. The Morgan fingerprint density at radius 2 is 1.92 bits per heavy atom. The van der Waals surface area contributed by atoms with Crippen molar-refractivity contribution in [1.29, 1.82) is 0 Å². The minimum atomic E-state index is -0.778. The van der Waals surface area contributed by atoms with Crippen LogP contribution >= 0.6 is 0 Å². The van der Waals surface area contributed by atoms with E-state index < -0.39 is 11.2 Å². The second-order valence-corrected chi connectivity index (χ2v) is 11.4. The maximum Gasteiger partial charge on any atom is 0.271 e. The molecule has 6 heteroatoms. The number of hydrogen-bond donors (Lipinski definition) is 4. The van der Waals surface area contributed by atoms with E-state index >= 15 is 0 Å². The highest BCUT2D eigenvalue weighted by Gasteiger charge is 2.51. The van der Waals surface area contributed by atoms with Crippen LogP contribution in [0.3, 0.4) is 0 Å². The van der Waals surface area contributed by atoms with E-state index in [4.69, 9.17) is 11.2 Å². The number of amides is 1. The molecule has 1 saturated heterocycles. The molecule has 0 saturated carbocycles. The lowest BCUT2D eigenvalue weighted by Crippen LogP contribution is -2.48. The summed E-state index contributed by atoms with van der Waals surface area (Å²) in [4.78, 5) is 12.9. The predicted molar refractivity (Wildman–Crippen MR) is 147 cm³/mol. The maximum atomic E-state index is 12.9. The third-order valence-electron chi connectivity index (χ3n) is 7.86.